The first-order chi connectivity index (χ1) is 8.24. The van der Waals surface area contributed by atoms with Crippen LogP contribution in [0.1, 0.15) is 5.56 Å². The number of hydrogen-bond donors (Lipinski definition) is 2. The molecule has 2 rings (SSSR count). The average molecular weight is 246 g/mol. The Hall–Kier alpha value is -1.67. The van der Waals surface area contributed by atoms with Crippen LogP contribution in [0.25, 0.3) is 0 Å². The van der Waals surface area contributed by atoms with Gasteiger partial charge in [-0.05, 0) is 42.3 Å². The van der Waals surface area contributed by atoms with E-state index in [-0.39, 0.29) is 0 Å². The normalized spacial score (nSPS) is 10.2. The van der Waals surface area contributed by atoms with E-state index < -0.39 is 0 Å². The van der Waals surface area contributed by atoms with Gasteiger partial charge in [0, 0.05) is 29.0 Å². The summed E-state index contributed by atoms with van der Waals surface area (Å²) >= 11 is 5.81. The molecule has 3 heteroatoms. The zero-order valence-corrected chi connectivity index (χ0v) is 10.2. The van der Waals surface area contributed by atoms with Crippen molar-refractivity contribution in [1.82, 2.24) is 0 Å². The topological polar surface area (TPSA) is 38.0 Å². The highest BCUT2D eigenvalue weighted by atomic mass is 35.5. The molecule has 0 aliphatic rings. The maximum Gasteiger partial charge on any atom is 0.0407 e. The summed E-state index contributed by atoms with van der Waals surface area (Å²) in [7, 11) is 0. The zero-order valence-electron chi connectivity index (χ0n) is 9.41. The van der Waals surface area contributed by atoms with Crippen LogP contribution in [0.15, 0.2) is 42.5 Å². The SMILES string of the molecule is Nc1[c]ccc(CCNc2ccc(Cl)cc2)c1. The van der Waals surface area contributed by atoms with Gasteiger partial charge in [0.15, 0.2) is 0 Å². The summed E-state index contributed by atoms with van der Waals surface area (Å²) in [6.07, 6.45) is 0.932. The molecule has 87 valence electrons. The molecular formula is C14H14ClN2. The molecule has 0 unspecified atom stereocenters. The molecule has 0 aliphatic carbocycles. The lowest BCUT2D eigenvalue weighted by Gasteiger charge is -2.06. The molecule has 2 nitrogen and oxygen atoms in total. The number of rotatable bonds is 4. The average Bonchev–Trinajstić information content (AvgIpc) is 2.32. The Labute approximate surface area is 106 Å². The molecule has 17 heavy (non-hydrogen) atoms. The minimum Gasteiger partial charge on any atom is -0.398 e. The summed E-state index contributed by atoms with van der Waals surface area (Å²) in [5, 5.41) is 4.08. The molecule has 2 aromatic rings. The molecule has 0 atom stereocenters. The monoisotopic (exact) mass is 245 g/mol. The second-order valence-electron chi connectivity index (χ2n) is 3.84. The van der Waals surface area contributed by atoms with Crippen molar-refractivity contribution in [3.8, 4) is 0 Å². The quantitative estimate of drug-likeness (QED) is 0.811. The number of nitrogens with two attached hydrogens (primary N) is 1. The number of nitrogens with one attached hydrogen (secondary N) is 1. The van der Waals surface area contributed by atoms with Crippen LogP contribution in [0.2, 0.25) is 5.02 Å². The Bertz CT molecular complexity index is 480. The third kappa shape index (κ3) is 3.68. The van der Waals surface area contributed by atoms with Crippen molar-refractivity contribution in [2.75, 3.05) is 17.6 Å². The second kappa shape index (κ2) is 5.60. The van der Waals surface area contributed by atoms with Gasteiger partial charge < -0.3 is 11.1 Å². The van der Waals surface area contributed by atoms with E-state index >= 15 is 0 Å². The molecule has 0 amide bonds. The minimum atomic E-state index is 0.689. The predicted molar refractivity (Wildman–Crippen MR) is 73.3 cm³/mol. The standard InChI is InChI=1S/C14H14ClN2/c15-12-4-6-14(7-5-12)17-9-8-11-2-1-3-13(16)10-11/h1-2,4-7,10,17H,8-9,16H2. The smallest absolute Gasteiger partial charge is 0.0407 e. The number of nitrogen functional groups attached to an aromatic ring is 1. The largest absolute Gasteiger partial charge is 0.398 e. The van der Waals surface area contributed by atoms with Crippen molar-refractivity contribution in [3.63, 3.8) is 0 Å². The highest BCUT2D eigenvalue weighted by Crippen LogP contribution is 2.13. The van der Waals surface area contributed by atoms with E-state index in [1.807, 2.05) is 42.5 Å². The minimum absolute atomic E-state index is 0.689. The first-order valence-corrected chi connectivity index (χ1v) is 5.87. The Balaban J connectivity index is 1.85. The van der Waals surface area contributed by atoms with Gasteiger partial charge in [-0.15, -0.1) is 0 Å². The van der Waals surface area contributed by atoms with E-state index in [4.69, 9.17) is 17.3 Å². The van der Waals surface area contributed by atoms with E-state index in [0.29, 0.717) is 5.69 Å². The van der Waals surface area contributed by atoms with Crippen LogP contribution in [-0.2, 0) is 6.42 Å². The third-order valence-electron chi connectivity index (χ3n) is 2.48. The summed E-state index contributed by atoms with van der Waals surface area (Å²) < 4.78 is 0. The molecule has 0 bridgehead atoms. The van der Waals surface area contributed by atoms with Crippen LogP contribution >= 0.6 is 11.6 Å². The Kier molecular flexibility index (Phi) is 3.89. The molecule has 1 radical (unpaired) electrons. The lowest BCUT2D eigenvalue weighted by atomic mass is 10.1. The van der Waals surface area contributed by atoms with Gasteiger partial charge in [-0.25, -0.2) is 0 Å². The van der Waals surface area contributed by atoms with Crippen molar-refractivity contribution in [2.24, 2.45) is 0 Å². The van der Waals surface area contributed by atoms with Gasteiger partial charge in [0.05, 0.1) is 0 Å². The van der Waals surface area contributed by atoms with Crippen molar-refractivity contribution in [1.29, 1.82) is 0 Å². The highest BCUT2D eigenvalue weighted by Gasteiger charge is 1.95. The lowest BCUT2D eigenvalue weighted by molar-refractivity contribution is 1.02. The van der Waals surface area contributed by atoms with Gasteiger partial charge >= 0.3 is 0 Å². The number of hydrogen-bond acceptors (Lipinski definition) is 2. The Morgan fingerprint density at radius 2 is 1.94 bits per heavy atom. The summed E-state index contributed by atoms with van der Waals surface area (Å²) in [6.45, 7) is 0.866. The third-order valence-corrected chi connectivity index (χ3v) is 2.73. The van der Waals surface area contributed by atoms with Crippen molar-refractivity contribution >= 4 is 23.0 Å². The zero-order chi connectivity index (χ0) is 12.1. The van der Waals surface area contributed by atoms with Gasteiger partial charge in [-0.2, -0.15) is 0 Å². The predicted octanol–water partition coefficient (Wildman–Crippen LogP) is 3.38. The molecule has 0 saturated carbocycles. The van der Waals surface area contributed by atoms with Crippen LogP contribution < -0.4 is 11.1 Å². The fraction of sp³-hybridized carbons (Fsp3) is 0.143. The van der Waals surface area contributed by atoms with E-state index in [1.54, 1.807) is 0 Å². The van der Waals surface area contributed by atoms with E-state index in [1.165, 1.54) is 5.56 Å². The maximum absolute atomic E-state index is 5.81. The number of halogens is 1. The first kappa shape index (κ1) is 11.8. The van der Waals surface area contributed by atoms with E-state index in [0.717, 1.165) is 23.7 Å². The molecule has 0 spiro atoms. The van der Waals surface area contributed by atoms with Gasteiger partial charge in [0.2, 0.25) is 0 Å². The maximum atomic E-state index is 5.81. The number of anilines is 2. The van der Waals surface area contributed by atoms with E-state index in [9.17, 15) is 0 Å². The highest BCUT2D eigenvalue weighted by molar-refractivity contribution is 6.30. The molecule has 2 aromatic carbocycles. The molecule has 0 aliphatic heterocycles. The van der Waals surface area contributed by atoms with Crippen molar-refractivity contribution in [2.45, 2.75) is 6.42 Å². The summed E-state index contributed by atoms with van der Waals surface area (Å²) in [6, 6.07) is 16.4. The molecule has 3 N–H and O–H groups in total. The first-order valence-electron chi connectivity index (χ1n) is 5.49. The number of benzene rings is 2. The fourth-order valence-electron chi connectivity index (χ4n) is 1.61. The van der Waals surface area contributed by atoms with Crippen LogP contribution in [0.4, 0.5) is 11.4 Å². The van der Waals surface area contributed by atoms with Crippen LogP contribution in [0.3, 0.4) is 0 Å². The van der Waals surface area contributed by atoms with E-state index in [2.05, 4.69) is 11.4 Å². The summed E-state index contributed by atoms with van der Waals surface area (Å²) in [5.74, 6) is 0. The molecule has 0 fully saturated rings. The summed E-state index contributed by atoms with van der Waals surface area (Å²) in [4.78, 5) is 0. The Morgan fingerprint density at radius 1 is 1.18 bits per heavy atom. The molecular weight excluding hydrogens is 232 g/mol. The Morgan fingerprint density at radius 3 is 2.65 bits per heavy atom. The molecule has 0 saturated heterocycles. The van der Waals surface area contributed by atoms with Gasteiger partial charge in [-0.1, -0.05) is 23.7 Å². The van der Waals surface area contributed by atoms with Crippen LogP contribution in [0.5, 0.6) is 0 Å². The molecule has 0 aromatic heterocycles. The van der Waals surface area contributed by atoms with Crippen molar-refractivity contribution in [3.05, 3.63) is 59.1 Å². The van der Waals surface area contributed by atoms with Crippen LogP contribution in [-0.4, -0.2) is 6.54 Å². The molecule has 0 heterocycles. The second-order valence-corrected chi connectivity index (χ2v) is 4.27. The van der Waals surface area contributed by atoms with Crippen LogP contribution in [0, 0.1) is 6.07 Å². The van der Waals surface area contributed by atoms with Gasteiger partial charge in [0.1, 0.15) is 0 Å². The van der Waals surface area contributed by atoms with Gasteiger partial charge in [0.25, 0.3) is 0 Å². The van der Waals surface area contributed by atoms with Gasteiger partial charge in [-0.3, -0.25) is 0 Å². The van der Waals surface area contributed by atoms with Crippen molar-refractivity contribution < 1.29 is 0 Å². The fourth-order valence-corrected chi connectivity index (χ4v) is 1.73. The lowest BCUT2D eigenvalue weighted by Crippen LogP contribution is -2.04. The summed E-state index contributed by atoms with van der Waals surface area (Å²) in [5.41, 5.74) is 8.64.